The number of carboxylic acids is 1. The van der Waals surface area contributed by atoms with Crippen LogP contribution in [0.2, 0.25) is 0 Å². The molecule has 1 amide bonds. The van der Waals surface area contributed by atoms with E-state index in [-0.39, 0.29) is 23.5 Å². The number of hydrogen-bond acceptors (Lipinski definition) is 4. The van der Waals surface area contributed by atoms with Crippen molar-refractivity contribution in [3.05, 3.63) is 52.6 Å². The maximum atomic E-state index is 11.7. The molecule has 0 bridgehead atoms. The zero-order valence-corrected chi connectivity index (χ0v) is 10.1. The molecule has 0 aliphatic carbocycles. The highest BCUT2D eigenvalue weighted by molar-refractivity contribution is 5.93. The first-order chi connectivity index (χ1) is 8.99. The molecule has 0 saturated heterocycles. The van der Waals surface area contributed by atoms with Crippen molar-refractivity contribution in [1.82, 2.24) is 5.32 Å². The van der Waals surface area contributed by atoms with Gasteiger partial charge in [-0.25, -0.2) is 0 Å². The van der Waals surface area contributed by atoms with Gasteiger partial charge in [0.1, 0.15) is 12.3 Å². The standard InChI is InChI=1S/C13H13NO5/c1-3-5-10-8(4-2)9(15)6-11(19-10)13(18)14-7-12(16)17/h3-4,6H,1-2,5,7H2,(H,14,18)(H,16,17). The van der Waals surface area contributed by atoms with Crippen molar-refractivity contribution in [2.75, 3.05) is 6.54 Å². The SMILES string of the molecule is C=CCc1oc(C(=O)NCC(=O)O)cc(=O)c1C=C. The van der Waals surface area contributed by atoms with Crippen LogP contribution in [0, 0.1) is 0 Å². The maximum Gasteiger partial charge on any atom is 0.322 e. The predicted molar refractivity (Wildman–Crippen MR) is 68.9 cm³/mol. The van der Waals surface area contributed by atoms with Crippen molar-refractivity contribution in [2.24, 2.45) is 0 Å². The van der Waals surface area contributed by atoms with Crippen LogP contribution in [0.4, 0.5) is 0 Å². The molecule has 0 atom stereocenters. The summed E-state index contributed by atoms with van der Waals surface area (Å²) in [6.07, 6.45) is 3.12. The van der Waals surface area contributed by atoms with Crippen LogP contribution in [0.5, 0.6) is 0 Å². The first-order valence-corrected chi connectivity index (χ1v) is 5.40. The minimum Gasteiger partial charge on any atom is -0.480 e. The lowest BCUT2D eigenvalue weighted by Crippen LogP contribution is -2.30. The molecule has 0 aliphatic heterocycles. The van der Waals surface area contributed by atoms with Gasteiger partial charge in [-0.1, -0.05) is 18.7 Å². The van der Waals surface area contributed by atoms with Crippen LogP contribution in [-0.4, -0.2) is 23.5 Å². The Balaban J connectivity index is 3.12. The molecule has 6 nitrogen and oxygen atoms in total. The number of hydrogen-bond donors (Lipinski definition) is 2. The van der Waals surface area contributed by atoms with Crippen molar-refractivity contribution < 1.29 is 19.1 Å². The maximum absolute atomic E-state index is 11.7. The second kappa shape index (κ2) is 6.34. The summed E-state index contributed by atoms with van der Waals surface area (Å²) in [6.45, 7) is 6.46. The van der Waals surface area contributed by atoms with Crippen molar-refractivity contribution in [2.45, 2.75) is 6.42 Å². The van der Waals surface area contributed by atoms with E-state index in [0.717, 1.165) is 6.07 Å². The number of carboxylic acid groups (broad SMARTS) is 1. The highest BCUT2D eigenvalue weighted by atomic mass is 16.4. The van der Waals surface area contributed by atoms with Crippen LogP contribution in [0.1, 0.15) is 21.9 Å². The van der Waals surface area contributed by atoms with Gasteiger partial charge in [0, 0.05) is 12.5 Å². The Labute approximate surface area is 109 Å². The van der Waals surface area contributed by atoms with E-state index in [2.05, 4.69) is 18.5 Å². The van der Waals surface area contributed by atoms with Crippen LogP contribution < -0.4 is 10.7 Å². The minimum absolute atomic E-state index is 0.242. The van der Waals surface area contributed by atoms with Gasteiger partial charge in [0.05, 0.1) is 5.56 Å². The van der Waals surface area contributed by atoms with Crippen molar-refractivity contribution in [1.29, 1.82) is 0 Å². The van der Waals surface area contributed by atoms with E-state index >= 15 is 0 Å². The van der Waals surface area contributed by atoms with Crippen LogP contribution >= 0.6 is 0 Å². The number of carbonyl (C=O) groups excluding carboxylic acids is 1. The average molecular weight is 263 g/mol. The Morgan fingerprint density at radius 2 is 2.11 bits per heavy atom. The predicted octanol–water partition coefficient (Wildman–Crippen LogP) is 0.826. The van der Waals surface area contributed by atoms with E-state index in [0.29, 0.717) is 0 Å². The van der Waals surface area contributed by atoms with Gasteiger partial charge in [-0.3, -0.25) is 14.4 Å². The normalized spacial score (nSPS) is 9.68. The van der Waals surface area contributed by atoms with Crippen LogP contribution in [0.25, 0.3) is 6.08 Å². The van der Waals surface area contributed by atoms with E-state index in [4.69, 9.17) is 9.52 Å². The molecule has 0 aromatic carbocycles. The summed E-state index contributed by atoms with van der Waals surface area (Å²) < 4.78 is 5.27. The van der Waals surface area contributed by atoms with Crippen molar-refractivity contribution in [3.8, 4) is 0 Å². The third kappa shape index (κ3) is 3.67. The summed E-state index contributed by atoms with van der Waals surface area (Å²) in [5.74, 6) is -1.93. The van der Waals surface area contributed by atoms with Crippen LogP contribution in [0.15, 0.2) is 34.5 Å². The van der Waals surface area contributed by atoms with Gasteiger partial charge in [-0.15, -0.1) is 6.58 Å². The third-order valence-electron chi connectivity index (χ3n) is 2.22. The molecule has 6 heteroatoms. The molecule has 1 aromatic rings. The molecule has 19 heavy (non-hydrogen) atoms. The Morgan fingerprint density at radius 3 is 2.63 bits per heavy atom. The summed E-state index contributed by atoms with van der Waals surface area (Å²) in [6, 6.07) is 1.00. The second-order valence-corrected chi connectivity index (χ2v) is 3.59. The molecule has 100 valence electrons. The highest BCUT2D eigenvalue weighted by Crippen LogP contribution is 2.10. The molecule has 0 fully saturated rings. The van der Waals surface area contributed by atoms with Gasteiger partial charge in [-0.2, -0.15) is 0 Å². The molecule has 0 spiro atoms. The van der Waals surface area contributed by atoms with E-state index in [1.165, 1.54) is 12.2 Å². The smallest absolute Gasteiger partial charge is 0.322 e. The number of amides is 1. The first-order valence-electron chi connectivity index (χ1n) is 5.40. The molecule has 0 radical (unpaired) electrons. The Kier molecular flexibility index (Phi) is 4.82. The largest absolute Gasteiger partial charge is 0.480 e. The van der Waals surface area contributed by atoms with Crippen LogP contribution in [-0.2, 0) is 11.2 Å². The number of allylic oxidation sites excluding steroid dienone is 1. The summed E-state index contributed by atoms with van der Waals surface area (Å²) >= 11 is 0. The van der Waals surface area contributed by atoms with E-state index in [1.54, 1.807) is 0 Å². The van der Waals surface area contributed by atoms with Gasteiger partial charge < -0.3 is 14.8 Å². The third-order valence-corrected chi connectivity index (χ3v) is 2.22. The Morgan fingerprint density at radius 1 is 1.42 bits per heavy atom. The summed E-state index contributed by atoms with van der Waals surface area (Å²) in [5.41, 5.74) is -0.159. The van der Waals surface area contributed by atoms with E-state index in [1.807, 2.05) is 0 Å². The zero-order valence-electron chi connectivity index (χ0n) is 10.1. The fourth-order valence-electron chi connectivity index (χ4n) is 1.40. The van der Waals surface area contributed by atoms with Crippen molar-refractivity contribution in [3.63, 3.8) is 0 Å². The first kappa shape index (κ1) is 14.4. The second-order valence-electron chi connectivity index (χ2n) is 3.59. The minimum atomic E-state index is -1.19. The molecule has 1 heterocycles. The van der Waals surface area contributed by atoms with Gasteiger partial charge in [0.15, 0.2) is 11.2 Å². The lowest BCUT2D eigenvalue weighted by molar-refractivity contribution is -0.135. The molecular weight excluding hydrogens is 250 g/mol. The lowest BCUT2D eigenvalue weighted by atomic mass is 10.1. The van der Waals surface area contributed by atoms with E-state index in [9.17, 15) is 14.4 Å². The Bertz CT molecular complexity index is 585. The molecule has 0 saturated carbocycles. The quantitative estimate of drug-likeness (QED) is 0.741. The van der Waals surface area contributed by atoms with Crippen molar-refractivity contribution >= 4 is 18.0 Å². The number of carbonyl (C=O) groups is 2. The van der Waals surface area contributed by atoms with Gasteiger partial charge in [0.25, 0.3) is 5.91 Å². The Hall–Kier alpha value is -2.63. The van der Waals surface area contributed by atoms with Gasteiger partial charge >= 0.3 is 5.97 Å². The van der Waals surface area contributed by atoms with Gasteiger partial charge in [-0.05, 0) is 0 Å². The fourth-order valence-corrected chi connectivity index (χ4v) is 1.40. The fraction of sp³-hybridized carbons (Fsp3) is 0.154. The molecule has 0 aliphatic rings. The topological polar surface area (TPSA) is 96.6 Å². The number of rotatable bonds is 6. The summed E-state index contributed by atoms with van der Waals surface area (Å²) in [7, 11) is 0. The lowest BCUT2D eigenvalue weighted by Gasteiger charge is -2.06. The van der Waals surface area contributed by atoms with Gasteiger partial charge in [0.2, 0.25) is 0 Å². The average Bonchev–Trinajstić information content (AvgIpc) is 2.36. The van der Waals surface area contributed by atoms with E-state index < -0.39 is 23.9 Å². The number of aliphatic carboxylic acids is 1. The molecule has 1 rings (SSSR count). The molecule has 0 unspecified atom stereocenters. The highest BCUT2D eigenvalue weighted by Gasteiger charge is 2.15. The zero-order chi connectivity index (χ0) is 14.4. The van der Waals surface area contributed by atoms with Crippen LogP contribution in [0.3, 0.4) is 0 Å². The molecule has 1 aromatic heterocycles. The summed E-state index contributed by atoms with van der Waals surface area (Å²) in [5, 5.41) is 10.6. The summed E-state index contributed by atoms with van der Waals surface area (Å²) in [4.78, 5) is 33.7. The monoisotopic (exact) mass is 263 g/mol. The molecular formula is C13H13NO5. The molecule has 2 N–H and O–H groups in total. The number of nitrogens with one attached hydrogen (secondary N) is 1.